The van der Waals surface area contributed by atoms with Crippen molar-refractivity contribution in [2.45, 2.75) is 18.0 Å². The summed E-state index contributed by atoms with van der Waals surface area (Å²) in [6.45, 7) is 0. The fourth-order valence-corrected chi connectivity index (χ4v) is 3.43. The van der Waals surface area contributed by atoms with Crippen molar-refractivity contribution in [2.24, 2.45) is 0 Å². The Morgan fingerprint density at radius 1 is 1.08 bits per heavy atom. The second-order valence-corrected chi connectivity index (χ2v) is 6.19. The van der Waals surface area contributed by atoms with E-state index in [1.54, 1.807) is 33.1 Å². The standard InChI is InChI=1S/C16H20N4O3S/c1-21-12-7-6-10-13(15(12)23-3)14(22-2)11(19-10)5-4-8-24-16-17-9-18-20-16/h6-7,9,19H,4-5,8H2,1-3H3,(H,17,18,20). The van der Waals surface area contributed by atoms with Gasteiger partial charge in [-0.2, -0.15) is 5.10 Å². The Morgan fingerprint density at radius 2 is 1.92 bits per heavy atom. The van der Waals surface area contributed by atoms with Crippen LogP contribution in [0.4, 0.5) is 0 Å². The number of nitrogens with zero attached hydrogens (tertiary/aromatic N) is 2. The van der Waals surface area contributed by atoms with Gasteiger partial charge in [0.15, 0.2) is 22.4 Å². The maximum absolute atomic E-state index is 5.64. The topological polar surface area (TPSA) is 85.1 Å². The zero-order chi connectivity index (χ0) is 16.9. The highest BCUT2D eigenvalue weighted by Crippen LogP contribution is 2.42. The number of ether oxygens (including phenoxy) is 3. The molecule has 3 aromatic rings. The number of benzene rings is 1. The number of aromatic amines is 2. The van der Waals surface area contributed by atoms with Gasteiger partial charge in [-0.15, -0.1) is 0 Å². The number of fused-ring (bicyclic) bond motifs is 1. The molecule has 0 radical (unpaired) electrons. The fourth-order valence-electron chi connectivity index (χ4n) is 2.71. The Balaban J connectivity index is 1.80. The Kier molecular flexibility index (Phi) is 5.14. The van der Waals surface area contributed by atoms with Crippen LogP contribution in [0.25, 0.3) is 10.9 Å². The smallest absolute Gasteiger partial charge is 0.183 e. The van der Waals surface area contributed by atoms with Crippen LogP contribution in [0.3, 0.4) is 0 Å². The van der Waals surface area contributed by atoms with Gasteiger partial charge in [-0.05, 0) is 25.0 Å². The minimum Gasteiger partial charge on any atom is -0.494 e. The molecule has 2 heterocycles. The molecule has 0 aliphatic heterocycles. The molecule has 0 bridgehead atoms. The third kappa shape index (κ3) is 3.14. The molecule has 8 heteroatoms. The molecule has 7 nitrogen and oxygen atoms in total. The average molecular weight is 348 g/mol. The quantitative estimate of drug-likeness (QED) is 0.481. The first-order valence-electron chi connectivity index (χ1n) is 7.56. The number of thioether (sulfide) groups is 1. The molecular formula is C16H20N4O3S. The van der Waals surface area contributed by atoms with E-state index < -0.39 is 0 Å². The average Bonchev–Trinajstić information content (AvgIpc) is 3.24. The van der Waals surface area contributed by atoms with E-state index in [4.69, 9.17) is 14.2 Å². The third-order valence-electron chi connectivity index (χ3n) is 3.74. The van der Waals surface area contributed by atoms with Gasteiger partial charge >= 0.3 is 0 Å². The minimum absolute atomic E-state index is 0.686. The molecule has 0 saturated heterocycles. The van der Waals surface area contributed by atoms with Crippen LogP contribution in [0, 0.1) is 0 Å². The van der Waals surface area contributed by atoms with E-state index in [2.05, 4.69) is 20.2 Å². The molecule has 0 aliphatic rings. The third-order valence-corrected chi connectivity index (χ3v) is 4.70. The zero-order valence-electron chi connectivity index (χ0n) is 13.9. The number of rotatable bonds is 8. The van der Waals surface area contributed by atoms with Crippen molar-refractivity contribution in [1.29, 1.82) is 0 Å². The highest BCUT2D eigenvalue weighted by molar-refractivity contribution is 7.99. The van der Waals surface area contributed by atoms with Gasteiger partial charge in [0.2, 0.25) is 0 Å². The molecule has 0 atom stereocenters. The van der Waals surface area contributed by atoms with Gasteiger partial charge in [-0.1, -0.05) is 11.8 Å². The number of methoxy groups -OCH3 is 3. The van der Waals surface area contributed by atoms with Crippen LogP contribution in [0.15, 0.2) is 23.6 Å². The number of nitrogens with one attached hydrogen (secondary N) is 2. The summed E-state index contributed by atoms with van der Waals surface area (Å²) >= 11 is 1.65. The van der Waals surface area contributed by atoms with Gasteiger partial charge < -0.3 is 19.2 Å². The van der Waals surface area contributed by atoms with E-state index in [0.717, 1.165) is 46.1 Å². The van der Waals surface area contributed by atoms with E-state index in [0.29, 0.717) is 11.5 Å². The van der Waals surface area contributed by atoms with E-state index in [1.807, 2.05) is 12.1 Å². The first-order valence-corrected chi connectivity index (χ1v) is 8.54. The molecule has 2 aromatic heterocycles. The summed E-state index contributed by atoms with van der Waals surface area (Å²) in [6, 6.07) is 3.87. The lowest BCUT2D eigenvalue weighted by Gasteiger charge is -2.09. The monoisotopic (exact) mass is 348 g/mol. The summed E-state index contributed by atoms with van der Waals surface area (Å²) in [4.78, 5) is 7.53. The van der Waals surface area contributed by atoms with Crippen LogP contribution < -0.4 is 14.2 Å². The molecule has 128 valence electrons. The van der Waals surface area contributed by atoms with Crippen molar-refractivity contribution >= 4 is 22.7 Å². The van der Waals surface area contributed by atoms with Crippen molar-refractivity contribution in [3.63, 3.8) is 0 Å². The van der Waals surface area contributed by atoms with Crippen molar-refractivity contribution in [2.75, 3.05) is 27.1 Å². The number of aromatic nitrogens is 4. The molecule has 0 fully saturated rings. The lowest BCUT2D eigenvalue weighted by atomic mass is 10.1. The summed E-state index contributed by atoms with van der Waals surface area (Å²) in [5.41, 5.74) is 2.03. The summed E-state index contributed by atoms with van der Waals surface area (Å²) in [5.74, 6) is 3.12. The molecule has 1 aromatic carbocycles. The van der Waals surface area contributed by atoms with E-state index in [-0.39, 0.29) is 0 Å². The summed E-state index contributed by atoms with van der Waals surface area (Å²) < 4.78 is 16.6. The van der Waals surface area contributed by atoms with E-state index >= 15 is 0 Å². The maximum atomic E-state index is 5.64. The Labute approximate surface area is 144 Å². The summed E-state index contributed by atoms with van der Waals surface area (Å²) in [5, 5.41) is 8.44. The highest BCUT2D eigenvalue weighted by atomic mass is 32.2. The summed E-state index contributed by atoms with van der Waals surface area (Å²) in [6.07, 6.45) is 3.36. The fraction of sp³-hybridized carbons (Fsp3) is 0.375. The molecular weight excluding hydrogens is 328 g/mol. The maximum Gasteiger partial charge on any atom is 0.183 e. The second kappa shape index (κ2) is 7.48. The van der Waals surface area contributed by atoms with Crippen LogP contribution >= 0.6 is 11.8 Å². The minimum atomic E-state index is 0.686. The number of aryl methyl sites for hydroxylation is 1. The normalized spacial score (nSPS) is 11.0. The molecule has 0 aliphatic carbocycles. The number of hydrogen-bond donors (Lipinski definition) is 2. The highest BCUT2D eigenvalue weighted by Gasteiger charge is 2.19. The molecule has 0 saturated carbocycles. The van der Waals surface area contributed by atoms with Crippen molar-refractivity contribution in [3.8, 4) is 17.2 Å². The van der Waals surface area contributed by atoms with Crippen LogP contribution in [0.1, 0.15) is 12.1 Å². The molecule has 0 amide bonds. The van der Waals surface area contributed by atoms with Crippen molar-refractivity contribution < 1.29 is 14.2 Å². The predicted octanol–water partition coefficient (Wildman–Crippen LogP) is 3.04. The first kappa shape index (κ1) is 16.5. The molecule has 3 rings (SSSR count). The lowest BCUT2D eigenvalue weighted by molar-refractivity contribution is 0.356. The van der Waals surface area contributed by atoms with Gasteiger partial charge in [-0.3, -0.25) is 5.10 Å². The van der Waals surface area contributed by atoms with Crippen molar-refractivity contribution in [1.82, 2.24) is 20.2 Å². The van der Waals surface area contributed by atoms with Crippen LogP contribution in [0.2, 0.25) is 0 Å². The van der Waals surface area contributed by atoms with E-state index in [1.165, 1.54) is 6.33 Å². The predicted molar refractivity (Wildman–Crippen MR) is 93.4 cm³/mol. The Bertz CT molecular complexity index is 801. The van der Waals surface area contributed by atoms with Gasteiger partial charge in [-0.25, -0.2) is 4.98 Å². The Morgan fingerprint density at radius 3 is 2.58 bits per heavy atom. The second-order valence-electron chi connectivity index (χ2n) is 5.10. The SMILES string of the molecule is COc1ccc2[nH]c(CCCSc3ncn[nH]3)c(OC)c2c1OC. The van der Waals surface area contributed by atoms with Crippen LogP contribution in [-0.4, -0.2) is 47.2 Å². The largest absolute Gasteiger partial charge is 0.494 e. The summed E-state index contributed by atoms with van der Waals surface area (Å²) in [7, 11) is 4.94. The lowest BCUT2D eigenvalue weighted by Crippen LogP contribution is -1.94. The molecule has 2 N–H and O–H groups in total. The first-order chi connectivity index (χ1) is 11.8. The van der Waals surface area contributed by atoms with Crippen LogP contribution in [0.5, 0.6) is 17.2 Å². The molecule has 0 unspecified atom stereocenters. The molecule has 0 spiro atoms. The van der Waals surface area contributed by atoms with E-state index in [9.17, 15) is 0 Å². The zero-order valence-corrected chi connectivity index (χ0v) is 14.7. The van der Waals surface area contributed by atoms with Gasteiger partial charge in [0, 0.05) is 5.75 Å². The van der Waals surface area contributed by atoms with Gasteiger partial charge in [0.25, 0.3) is 0 Å². The number of H-pyrrole nitrogens is 2. The number of hydrogen-bond acceptors (Lipinski definition) is 6. The van der Waals surface area contributed by atoms with Gasteiger partial charge in [0.05, 0.1) is 37.9 Å². The van der Waals surface area contributed by atoms with Crippen molar-refractivity contribution in [3.05, 3.63) is 24.2 Å². The Hall–Kier alpha value is -2.35. The molecule has 24 heavy (non-hydrogen) atoms. The van der Waals surface area contributed by atoms with Gasteiger partial charge in [0.1, 0.15) is 6.33 Å². The van der Waals surface area contributed by atoms with Crippen LogP contribution in [-0.2, 0) is 6.42 Å².